The van der Waals surface area contributed by atoms with Gasteiger partial charge in [0.25, 0.3) is 0 Å². The molecule has 6 nitrogen and oxygen atoms in total. The summed E-state index contributed by atoms with van der Waals surface area (Å²) in [4.78, 5) is 23.6. The molecule has 0 bridgehead atoms. The molecule has 0 heterocycles. The number of carbonyl (C=O) groups excluding carboxylic acids is 2. The molecule has 0 aliphatic rings. The van der Waals surface area contributed by atoms with Crippen LogP contribution in [-0.2, 0) is 19.1 Å². The number of hydrogen-bond donors (Lipinski definition) is 2. The maximum Gasteiger partial charge on any atom is 0.385 e. The highest BCUT2D eigenvalue weighted by Gasteiger charge is 2.15. The largest absolute Gasteiger partial charge is 0.456 e. The lowest BCUT2D eigenvalue weighted by molar-refractivity contribution is -0.159. The number of unbranched alkanes of at least 4 members (excludes halogenated alkanes) is 10. The molecule has 0 aromatic rings. The topological polar surface area (TPSA) is 108 Å². The molecule has 0 saturated heterocycles. The zero-order chi connectivity index (χ0) is 26.5. The number of carbonyl (C=O) groups is 2. The summed E-state index contributed by atoms with van der Waals surface area (Å²) >= 11 is 0. The summed E-state index contributed by atoms with van der Waals surface area (Å²) in [5, 5.41) is 9.36. The molecular formula is C31H61NO5. The van der Waals surface area contributed by atoms with Crippen molar-refractivity contribution in [1.29, 1.82) is 0 Å². The van der Waals surface area contributed by atoms with Crippen molar-refractivity contribution in [3.05, 3.63) is 0 Å². The number of rotatable bonds is 16. The van der Waals surface area contributed by atoms with E-state index < -0.39 is 24.6 Å². The number of aliphatic hydroxyl groups excluding tert-OH is 1. The Balaban J connectivity index is -0.0000000928. The summed E-state index contributed by atoms with van der Waals surface area (Å²) in [5.41, 5.74) is 0. The van der Waals surface area contributed by atoms with Crippen molar-refractivity contribution in [2.24, 2.45) is 0 Å². The SMILES string of the molecule is CC#CC#CC#CC#CC#CC#CC(=O)OC[C@H](CO)OC(=O)CCCCCCCCCCCCC.N.[HH].[HH].[HH].[HH].[HH].[HH].[HH].[HH].[HH].[HH].[HH]. The highest BCUT2D eigenvalue weighted by atomic mass is 16.6. The van der Waals surface area contributed by atoms with Crippen LogP contribution < -0.4 is 6.15 Å². The number of hydrogen-bond acceptors (Lipinski definition) is 6. The van der Waals surface area contributed by atoms with E-state index in [4.69, 9.17) is 9.47 Å². The van der Waals surface area contributed by atoms with E-state index in [-0.39, 0.29) is 34.9 Å². The fourth-order valence-corrected chi connectivity index (χ4v) is 2.90. The first-order valence-corrected chi connectivity index (χ1v) is 12.5. The minimum absolute atomic E-state index is 0. The highest BCUT2D eigenvalue weighted by Crippen LogP contribution is 2.12. The van der Waals surface area contributed by atoms with Gasteiger partial charge in [-0.3, -0.25) is 4.79 Å². The van der Waals surface area contributed by atoms with Gasteiger partial charge in [-0.05, 0) is 72.5 Å². The first kappa shape index (κ1) is 35.4. The van der Waals surface area contributed by atoms with Crippen LogP contribution in [0, 0.1) is 71.0 Å². The van der Waals surface area contributed by atoms with Crippen LogP contribution in [0.2, 0.25) is 0 Å². The van der Waals surface area contributed by atoms with Gasteiger partial charge in [-0.2, -0.15) is 0 Å². The van der Waals surface area contributed by atoms with Gasteiger partial charge in [0.15, 0.2) is 6.10 Å². The third-order valence-electron chi connectivity index (χ3n) is 4.74. The second-order valence-corrected chi connectivity index (χ2v) is 7.80. The van der Waals surface area contributed by atoms with Crippen molar-refractivity contribution in [3.63, 3.8) is 0 Å². The molecule has 220 valence electrons. The van der Waals surface area contributed by atoms with Gasteiger partial charge >= 0.3 is 11.9 Å². The quantitative estimate of drug-likeness (QED) is 0.0964. The van der Waals surface area contributed by atoms with E-state index in [0.29, 0.717) is 0 Å². The van der Waals surface area contributed by atoms with Gasteiger partial charge in [-0.1, -0.05) is 77.1 Å². The molecule has 0 aromatic heterocycles. The average Bonchev–Trinajstić information content (AvgIpc) is 2.88. The van der Waals surface area contributed by atoms with Crippen LogP contribution in [0.15, 0.2) is 0 Å². The number of esters is 2. The van der Waals surface area contributed by atoms with Gasteiger partial charge in [0, 0.05) is 28.0 Å². The Morgan fingerprint density at radius 1 is 0.730 bits per heavy atom. The van der Waals surface area contributed by atoms with E-state index in [2.05, 4.69) is 78.0 Å². The smallest absolute Gasteiger partial charge is 0.385 e. The monoisotopic (exact) mass is 527 g/mol. The summed E-state index contributed by atoms with van der Waals surface area (Å²) in [5.74, 6) is 28.0. The Hall–Kier alpha value is -3.78. The first-order chi connectivity index (χ1) is 17.6. The van der Waals surface area contributed by atoms with Gasteiger partial charge in [-0.25, -0.2) is 4.79 Å². The third-order valence-corrected chi connectivity index (χ3v) is 4.74. The fourth-order valence-electron chi connectivity index (χ4n) is 2.90. The predicted octanol–water partition coefficient (Wildman–Crippen LogP) is 7.04. The molecule has 1 atom stereocenters. The van der Waals surface area contributed by atoms with Crippen LogP contribution in [0.4, 0.5) is 0 Å². The van der Waals surface area contributed by atoms with Crippen LogP contribution in [0.1, 0.15) is 107 Å². The molecule has 4 N–H and O–H groups in total. The highest BCUT2D eigenvalue weighted by molar-refractivity contribution is 5.89. The number of aliphatic hydroxyl groups is 1. The van der Waals surface area contributed by atoms with E-state index in [1.165, 1.54) is 51.4 Å². The maximum absolute atomic E-state index is 11.9. The molecule has 0 unspecified atom stereocenters. The standard InChI is InChI=1S/C31H36O5.H3N.11H2/c1-3-5-7-9-11-13-15-17-19-21-23-25-30(33)35-28-29(27-32)36-31(34)26-24-22-20-18-16-14-12-10-8-6-4-2;;;;;;;;;;;;/h29,32H,4,6,8,10,12,14,16,18,20,22,24,26-28H2,1-2H3;1H3;11*1H/t29-;;;;;;;;;;;;/m0............/s1. The Morgan fingerprint density at radius 3 is 1.68 bits per heavy atom. The van der Waals surface area contributed by atoms with Crippen molar-refractivity contribution in [2.45, 2.75) is 97.0 Å². The Morgan fingerprint density at radius 2 is 1.19 bits per heavy atom. The van der Waals surface area contributed by atoms with Crippen molar-refractivity contribution in [2.75, 3.05) is 13.2 Å². The summed E-state index contributed by atoms with van der Waals surface area (Å²) in [6.07, 6.45) is 12.5. The normalized spacial score (nSPS) is 9.05. The van der Waals surface area contributed by atoms with Crippen LogP contribution in [0.5, 0.6) is 0 Å². The molecule has 0 aliphatic carbocycles. The lowest BCUT2D eigenvalue weighted by atomic mass is 10.1. The van der Waals surface area contributed by atoms with Crippen LogP contribution in [0.25, 0.3) is 0 Å². The van der Waals surface area contributed by atoms with Crippen LogP contribution in [-0.4, -0.2) is 36.4 Å². The van der Waals surface area contributed by atoms with Gasteiger partial charge in [-0.15, -0.1) is 0 Å². The maximum atomic E-state index is 11.9. The first-order valence-electron chi connectivity index (χ1n) is 12.5. The molecule has 37 heavy (non-hydrogen) atoms. The van der Waals surface area contributed by atoms with Crippen LogP contribution in [0.3, 0.4) is 0 Å². The molecule has 0 radical (unpaired) electrons. The molecule has 0 aromatic carbocycles. The van der Waals surface area contributed by atoms with E-state index in [0.717, 1.165) is 19.3 Å². The molecule has 0 amide bonds. The molecule has 0 spiro atoms. The van der Waals surface area contributed by atoms with Crippen molar-refractivity contribution >= 4 is 11.9 Å². The van der Waals surface area contributed by atoms with Crippen molar-refractivity contribution < 1.29 is 39.9 Å². The Labute approximate surface area is 239 Å². The minimum Gasteiger partial charge on any atom is -0.456 e. The predicted molar refractivity (Wildman–Crippen MR) is 170 cm³/mol. The fraction of sp³-hybridized carbons (Fsp3) is 0.548. The van der Waals surface area contributed by atoms with Gasteiger partial charge in [0.1, 0.15) is 6.61 Å². The Kier molecular flexibility index (Phi) is 27.2. The van der Waals surface area contributed by atoms with E-state index in [9.17, 15) is 14.7 Å². The summed E-state index contributed by atoms with van der Waals surface area (Å²) in [7, 11) is 0. The van der Waals surface area contributed by atoms with E-state index >= 15 is 0 Å². The second-order valence-electron chi connectivity index (χ2n) is 7.80. The van der Waals surface area contributed by atoms with Crippen molar-refractivity contribution in [1.82, 2.24) is 6.15 Å². The second kappa shape index (κ2) is 28.5. The zero-order valence-corrected chi connectivity index (χ0v) is 22.3. The molecule has 0 rings (SSSR count). The van der Waals surface area contributed by atoms with Crippen LogP contribution >= 0.6 is 0 Å². The summed E-state index contributed by atoms with van der Waals surface area (Å²) in [6, 6.07) is 0. The van der Waals surface area contributed by atoms with Gasteiger partial charge in [0.05, 0.1) is 6.61 Å². The third kappa shape index (κ3) is 26.7. The summed E-state index contributed by atoms with van der Waals surface area (Å²) in [6.45, 7) is 3.18. The van der Waals surface area contributed by atoms with Gasteiger partial charge in [0.2, 0.25) is 0 Å². The molecule has 0 aliphatic heterocycles. The lowest BCUT2D eigenvalue weighted by Gasteiger charge is -2.14. The summed E-state index contributed by atoms with van der Waals surface area (Å²) < 4.78 is 10.1. The van der Waals surface area contributed by atoms with Gasteiger partial charge < -0.3 is 20.7 Å². The minimum atomic E-state index is -0.919. The average molecular weight is 528 g/mol. The van der Waals surface area contributed by atoms with E-state index in [1.54, 1.807) is 6.92 Å². The molecular weight excluding hydrogens is 466 g/mol. The van der Waals surface area contributed by atoms with E-state index in [1.807, 2.05) is 0 Å². The Bertz CT molecular complexity index is 1060. The van der Waals surface area contributed by atoms with Crippen molar-refractivity contribution in [3.8, 4) is 71.0 Å². The zero-order valence-electron chi connectivity index (χ0n) is 22.3. The molecule has 6 heteroatoms. The molecule has 0 fully saturated rings. The lowest BCUT2D eigenvalue weighted by Crippen LogP contribution is -2.28. The number of ether oxygens (including phenoxy) is 2. The molecule has 0 saturated carbocycles.